The van der Waals surface area contributed by atoms with Crippen LogP contribution in [0.15, 0.2) is 53.0 Å². The summed E-state index contributed by atoms with van der Waals surface area (Å²) < 4.78 is 15.9. The van der Waals surface area contributed by atoms with Crippen LogP contribution in [-0.2, 0) is 17.6 Å². The first-order chi connectivity index (χ1) is 15.4. The minimum Gasteiger partial charge on any atom is -0.305 e. The van der Waals surface area contributed by atoms with Gasteiger partial charge in [-0.1, -0.05) is 36.0 Å². The molecule has 0 spiro atoms. The molecule has 32 heavy (non-hydrogen) atoms. The number of halogens is 1. The van der Waals surface area contributed by atoms with Crippen LogP contribution in [-0.4, -0.2) is 25.7 Å². The van der Waals surface area contributed by atoms with Gasteiger partial charge in [0.25, 0.3) is 0 Å². The Balaban J connectivity index is 1.53. The number of rotatable bonds is 6. The molecule has 0 saturated heterocycles. The molecule has 0 aliphatic carbocycles. The van der Waals surface area contributed by atoms with Crippen LogP contribution in [0.2, 0.25) is 0 Å². The first kappa shape index (κ1) is 22.2. The van der Waals surface area contributed by atoms with Gasteiger partial charge in [0.05, 0.1) is 16.9 Å². The SMILES string of the molecule is CC(=O)N(c1nc(CSc2nnc(-c3ccccc3F)n2C)cs1)c1cccc(C)c1C. The number of hydrogen-bond acceptors (Lipinski definition) is 6. The quantitative estimate of drug-likeness (QED) is 0.342. The number of benzene rings is 2. The van der Waals surface area contributed by atoms with E-state index < -0.39 is 0 Å². The third-order valence-corrected chi connectivity index (χ3v) is 7.09. The molecule has 2 aromatic heterocycles. The van der Waals surface area contributed by atoms with Crippen molar-refractivity contribution in [1.82, 2.24) is 19.7 Å². The Hall–Kier alpha value is -3.04. The zero-order chi connectivity index (χ0) is 22.8. The summed E-state index contributed by atoms with van der Waals surface area (Å²) in [6.07, 6.45) is 0. The van der Waals surface area contributed by atoms with E-state index in [1.165, 1.54) is 29.2 Å². The van der Waals surface area contributed by atoms with Gasteiger partial charge in [-0.15, -0.1) is 21.5 Å². The van der Waals surface area contributed by atoms with Gasteiger partial charge in [0.2, 0.25) is 5.91 Å². The van der Waals surface area contributed by atoms with Crippen molar-refractivity contribution in [3.05, 3.63) is 70.5 Å². The van der Waals surface area contributed by atoms with Crippen molar-refractivity contribution in [2.45, 2.75) is 31.7 Å². The molecule has 6 nitrogen and oxygen atoms in total. The van der Waals surface area contributed by atoms with E-state index in [9.17, 15) is 9.18 Å². The van der Waals surface area contributed by atoms with Crippen molar-refractivity contribution in [1.29, 1.82) is 0 Å². The lowest BCUT2D eigenvalue weighted by Crippen LogP contribution is -2.23. The van der Waals surface area contributed by atoms with Crippen LogP contribution in [0.4, 0.5) is 15.2 Å². The van der Waals surface area contributed by atoms with E-state index in [1.54, 1.807) is 34.6 Å². The highest BCUT2D eigenvalue weighted by Gasteiger charge is 2.21. The average Bonchev–Trinajstić information content (AvgIpc) is 3.37. The van der Waals surface area contributed by atoms with Gasteiger partial charge in [0, 0.05) is 25.1 Å². The number of thiazole rings is 1. The van der Waals surface area contributed by atoms with Gasteiger partial charge < -0.3 is 4.57 Å². The van der Waals surface area contributed by atoms with Crippen molar-refractivity contribution >= 4 is 39.8 Å². The molecule has 9 heteroatoms. The van der Waals surface area contributed by atoms with Gasteiger partial charge in [0.1, 0.15) is 5.82 Å². The number of nitrogens with zero attached hydrogens (tertiary/aromatic N) is 5. The third-order valence-electron chi connectivity index (χ3n) is 5.16. The molecule has 0 aliphatic rings. The summed E-state index contributed by atoms with van der Waals surface area (Å²) in [7, 11) is 1.81. The van der Waals surface area contributed by atoms with E-state index in [0.717, 1.165) is 22.5 Å². The van der Waals surface area contributed by atoms with Crippen LogP contribution >= 0.6 is 23.1 Å². The largest absolute Gasteiger partial charge is 0.305 e. The molecule has 0 N–H and O–H groups in total. The molecule has 4 aromatic rings. The first-order valence-corrected chi connectivity index (χ1v) is 11.8. The lowest BCUT2D eigenvalue weighted by molar-refractivity contribution is -0.115. The van der Waals surface area contributed by atoms with E-state index in [4.69, 9.17) is 0 Å². The van der Waals surface area contributed by atoms with Crippen LogP contribution in [0.5, 0.6) is 0 Å². The topological polar surface area (TPSA) is 63.9 Å². The Bertz CT molecular complexity index is 1280. The van der Waals surface area contributed by atoms with E-state index in [2.05, 4.69) is 15.2 Å². The number of carbonyl (C=O) groups excluding carboxylic acids is 1. The minimum atomic E-state index is -0.334. The summed E-state index contributed by atoms with van der Waals surface area (Å²) in [6.45, 7) is 5.57. The number of amides is 1. The van der Waals surface area contributed by atoms with Crippen LogP contribution in [0, 0.1) is 19.7 Å². The monoisotopic (exact) mass is 467 g/mol. The molecule has 0 unspecified atom stereocenters. The molecule has 0 atom stereocenters. The fourth-order valence-corrected chi connectivity index (χ4v) is 5.10. The predicted molar refractivity (Wildman–Crippen MR) is 127 cm³/mol. The molecule has 164 valence electrons. The second-order valence-electron chi connectivity index (χ2n) is 7.33. The van der Waals surface area contributed by atoms with Crippen molar-refractivity contribution in [2.75, 3.05) is 4.90 Å². The highest BCUT2D eigenvalue weighted by Crippen LogP contribution is 2.34. The highest BCUT2D eigenvalue weighted by atomic mass is 32.2. The van der Waals surface area contributed by atoms with E-state index in [-0.39, 0.29) is 11.7 Å². The summed E-state index contributed by atoms with van der Waals surface area (Å²) in [6, 6.07) is 12.4. The molecule has 1 amide bonds. The fourth-order valence-electron chi connectivity index (χ4n) is 3.31. The van der Waals surface area contributed by atoms with Gasteiger partial charge >= 0.3 is 0 Å². The van der Waals surface area contributed by atoms with Gasteiger partial charge in [-0.2, -0.15) is 0 Å². The molecular weight excluding hydrogens is 445 g/mol. The number of anilines is 2. The second kappa shape index (κ2) is 9.22. The van der Waals surface area contributed by atoms with Crippen LogP contribution in [0.25, 0.3) is 11.4 Å². The summed E-state index contributed by atoms with van der Waals surface area (Å²) in [4.78, 5) is 18.8. The molecule has 0 aliphatic heterocycles. The van der Waals surface area contributed by atoms with Crippen LogP contribution < -0.4 is 4.90 Å². The maximum atomic E-state index is 14.1. The number of aromatic nitrogens is 4. The first-order valence-electron chi connectivity index (χ1n) is 9.95. The maximum absolute atomic E-state index is 14.1. The number of thioether (sulfide) groups is 1. The Morgan fingerprint density at radius 1 is 1.16 bits per heavy atom. The van der Waals surface area contributed by atoms with Gasteiger partial charge in [-0.3, -0.25) is 9.69 Å². The highest BCUT2D eigenvalue weighted by molar-refractivity contribution is 7.98. The van der Waals surface area contributed by atoms with E-state index >= 15 is 0 Å². The fraction of sp³-hybridized carbons (Fsp3) is 0.217. The molecule has 0 saturated carbocycles. The van der Waals surface area contributed by atoms with Gasteiger partial charge in [0.15, 0.2) is 16.1 Å². The number of carbonyl (C=O) groups is 1. The van der Waals surface area contributed by atoms with E-state index in [1.807, 2.05) is 44.5 Å². The molecular formula is C23H22FN5OS2. The van der Waals surface area contributed by atoms with E-state index in [0.29, 0.717) is 27.4 Å². The van der Waals surface area contributed by atoms with Crippen molar-refractivity contribution in [3.63, 3.8) is 0 Å². The zero-order valence-electron chi connectivity index (χ0n) is 18.2. The Morgan fingerprint density at radius 2 is 1.94 bits per heavy atom. The zero-order valence-corrected chi connectivity index (χ0v) is 19.8. The average molecular weight is 468 g/mol. The number of aryl methyl sites for hydroxylation is 1. The lowest BCUT2D eigenvalue weighted by atomic mass is 10.1. The lowest BCUT2D eigenvalue weighted by Gasteiger charge is -2.21. The Kier molecular flexibility index (Phi) is 6.38. The number of hydrogen-bond donors (Lipinski definition) is 0. The Labute approximate surface area is 194 Å². The maximum Gasteiger partial charge on any atom is 0.230 e. The van der Waals surface area contributed by atoms with Crippen molar-refractivity contribution < 1.29 is 9.18 Å². The molecule has 0 radical (unpaired) electrons. The summed E-state index contributed by atoms with van der Waals surface area (Å²) >= 11 is 2.89. The summed E-state index contributed by atoms with van der Waals surface area (Å²) in [5.74, 6) is 0.606. The second-order valence-corrected chi connectivity index (χ2v) is 9.11. The smallest absolute Gasteiger partial charge is 0.230 e. The molecule has 4 rings (SSSR count). The summed E-state index contributed by atoms with van der Waals surface area (Å²) in [5.41, 5.74) is 4.26. The predicted octanol–water partition coefficient (Wildman–Crippen LogP) is 5.67. The van der Waals surface area contributed by atoms with Gasteiger partial charge in [-0.25, -0.2) is 9.37 Å². The normalized spacial score (nSPS) is 11.0. The minimum absolute atomic E-state index is 0.0879. The van der Waals surface area contributed by atoms with Gasteiger partial charge in [-0.05, 0) is 43.2 Å². The molecule has 0 fully saturated rings. The summed E-state index contributed by atoms with van der Waals surface area (Å²) in [5, 5.41) is 11.6. The molecule has 2 heterocycles. The van der Waals surface area contributed by atoms with Crippen LogP contribution in [0.1, 0.15) is 23.7 Å². The molecule has 2 aromatic carbocycles. The standard InChI is InChI=1S/C23H22FN5OS2/c1-14-8-7-11-20(15(14)2)29(16(3)30)22-25-17(12-31-22)13-32-23-27-26-21(28(23)4)18-9-5-6-10-19(18)24/h5-12H,13H2,1-4H3. The van der Waals surface area contributed by atoms with Crippen LogP contribution in [0.3, 0.4) is 0 Å². The third kappa shape index (κ3) is 4.31. The Morgan fingerprint density at radius 3 is 2.69 bits per heavy atom. The van der Waals surface area contributed by atoms with Crippen molar-refractivity contribution in [3.8, 4) is 11.4 Å². The van der Waals surface area contributed by atoms with Crippen molar-refractivity contribution in [2.24, 2.45) is 7.05 Å². The molecule has 0 bridgehead atoms.